The van der Waals surface area contributed by atoms with Crippen molar-refractivity contribution < 1.29 is 9.18 Å². The van der Waals surface area contributed by atoms with Crippen LogP contribution in [-0.2, 0) is 11.3 Å². The number of hydrogen-bond acceptors (Lipinski definition) is 6. The van der Waals surface area contributed by atoms with Crippen molar-refractivity contribution in [2.75, 3.05) is 30.3 Å². The fourth-order valence-electron chi connectivity index (χ4n) is 6.05. The van der Waals surface area contributed by atoms with Gasteiger partial charge in [0.15, 0.2) is 0 Å². The monoisotopic (exact) mass is 583 g/mol. The van der Waals surface area contributed by atoms with Gasteiger partial charge in [-0.25, -0.2) is 9.18 Å². The van der Waals surface area contributed by atoms with E-state index < -0.39 is 5.82 Å². The van der Waals surface area contributed by atoms with E-state index in [9.17, 15) is 14.0 Å². The summed E-state index contributed by atoms with van der Waals surface area (Å²) in [6, 6.07) is 6.80. The maximum atomic E-state index is 14.1. The quantitative estimate of drug-likeness (QED) is 0.400. The Morgan fingerprint density at radius 1 is 1.25 bits per heavy atom. The zero-order valence-corrected chi connectivity index (χ0v) is 24.9. The predicted molar refractivity (Wildman–Crippen MR) is 162 cm³/mol. The molecule has 3 aromatic rings. The molecule has 1 fully saturated rings. The molecular weight excluding hydrogens is 549 g/mol. The van der Waals surface area contributed by atoms with Gasteiger partial charge >= 0.3 is 5.69 Å². The van der Waals surface area contributed by atoms with Gasteiger partial charge in [-0.1, -0.05) is 31.2 Å². The molecule has 0 saturated carbocycles. The lowest BCUT2D eigenvalue weighted by Crippen LogP contribution is -2.58. The number of carbonyl (C=O) groups excluding carboxylic acids is 1. The molecule has 2 aliphatic rings. The van der Waals surface area contributed by atoms with Crippen molar-refractivity contribution in [1.82, 2.24) is 19.8 Å². The Hall–Kier alpha value is -2.88. The van der Waals surface area contributed by atoms with Crippen LogP contribution in [-0.4, -0.2) is 63.9 Å². The van der Waals surface area contributed by atoms with Crippen molar-refractivity contribution in [2.24, 2.45) is 0 Å². The molecule has 3 heterocycles. The van der Waals surface area contributed by atoms with Gasteiger partial charge in [0.2, 0.25) is 5.91 Å². The van der Waals surface area contributed by atoms with Crippen LogP contribution in [0.5, 0.6) is 0 Å². The second-order valence-electron chi connectivity index (χ2n) is 10.8. The average molecular weight is 584 g/mol. The van der Waals surface area contributed by atoms with Gasteiger partial charge in [0.05, 0.1) is 10.5 Å². The summed E-state index contributed by atoms with van der Waals surface area (Å²) in [6.07, 6.45) is 2.34. The number of anilines is 1. The Morgan fingerprint density at radius 2 is 1.98 bits per heavy atom. The number of piperazine rings is 1. The summed E-state index contributed by atoms with van der Waals surface area (Å²) >= 11 is 7.92. The van der Waals surface area contributed by atoms with E-state index in [4.69, 9.17) is 11.6 Å². The molecule has 1 unspecified atom stereocenters. The minimum atomic E-state index is -0.466. The first-order valence-electron chi connectivity index (χ1n) is 13.7. The lowest BCUT2D eigenvalue weighted by molar-refractivity contribution is -0.130. The fourth-order valence-corrected chi connectivity index (χ4v) is 7.60. The second-order valence-corrected chi connectivity index (χ2v) is 12.2. The Labute approximate surface area is 243 Å². The molecule has 0 aliphatic carbocycles. The van der Waals surface area contributed by atoms with Crippen molar-refractivity contribution in [1.29, 1.82) is 0 Å². The van der Waals surface area contributed by atoms with E-state index in [1.165, 1.54) is 12.1 Å². The number of rotatable bonds is 6. The van der Waals surface area contributed by atoms with Gasteiger partial charge in [0.25, 0.3) is 0 Å². The van der Waals surface area contributed by atoms with Crippen molar-refractivity contribution >= 4 is 46.0 Å². The molecular formula is C30H35ClFN5O2S. The summed E-state index contributed by atoms with van der Waals surface area (Å²) in [4.78, 5) is 35.9. The van der Waals surface area contributed by atoms with Gasteiger partial charge in [-0.15, -0.1) is 11.8 Å². The van der Waals surface area contributed by atoms with Crippen LogP contribution >= 0.6 is 23.4 Å². The van der Waals surface area contributed by atoms with E-state index in [-0.39, 0.29) is 34.7 Å². The van der Waals surface area contributed by atoms with Crippen molar-refractivity contribution in [3.05, 3.63) is 63.8 Å². The van der Waals surface area contributed by atoms with Crippen molar-refractivity contribution in [3.8, 4) is 11.1 Å². The highest BCUT2D eigenvalue weighted by molar-refractivity contribution is 7.99. The first-order valence-corrected chi connectivity index (χ1v) is 15.1. The summed E-state index contributed by atoms with van der Waals surface area (Å²) in [5, 5.41) is 4.54. The van der Waals surface area contributed by atoms with Gasteiger partial charge in [-0.2, -0.15) is 4.98 Å². The molecule has 3 atom stereocenters. The molecule has 1 saturated heterocycles. The Bertz CT molecular complexity index is 1530. The number of aryl methyl sites for hydroxylation is 1. The van der Waals surface area contributed by atoms with Crippen LogP contribution in [0.2, 0.25) is 5.02 Å². The third kappa shape index (κ3) is 5.15. The van der Waals surface area contributed by atoms with Gasteiger partial charge in [0.1, 0.15) is 11.6 Å². The summed E-state index contributed by atoms with van der Waals surface area (Å²) in [5.41, 5.74) is 3.29. The lowest BCUT2D eigenvalue weighted by atomic mass is 9.97. The van der Waals surface area contributed by atoms with E-state index >= 15 is 0 Å². The number of amides is 1. The fraction of sp³-hybridized carbons (Fsp3) is 0.433. The zero-order valence-electron chi connectivity index (χ0n) is 23.3. The molecule has 5 rings (SSSR count). The third-order valence-electron chi connectivity index (χ3n) is 7.77. The highest BCUT2D eigenvalue weighted by Gasteiger charge is 2.34. The largest absolute Gasteiger partial charge is 0.352 e. The molecule has 10 heteroatoms. The van der Waals surface area contributed by atoms with Gasteiger partial charge in [0, 0.05) is 59.4 Å². The molecule has 7 nitrogen and oxygen atoms in total. The van der Waals surface area contributed by atoms with Crippen LogP contribution in [0, 0.1) is 12.7 Å². The van der Waals surface area contributed by atoms with Crippen LogP contribution in [0.1, 0.15) is 32.8 Å². The Kier molecular flexibility index (Phi) is 8.27. The molecule has 0 spiro atoms. The topological polar surface area (TPSA) is 70.5 Å². The number of aromatic nitrogens is 2. The summed E-state index contributed by atoms with van der Waals surface area (Å²) in [6.45, 7) is 14.3. The first kappa shape index (κ1) is 28.6. The number of halogens is 2. The Morgan fingerprint density at radius 3 is 2.62 bits per heavy atom. The molecule has 40 heavy (non-hydrogen) atoms. The van der Waals surface area contributed by atoms with Gasteiger partial charge in [-0.05, 0) is 69.1 Å². The molecule has 0 bridgehead atoms. The van der Waals surface area contributed by atoms with Crippen molar-refractivity contribution in [2.45, 2.75) is 63.7 Å². The molecule has 2 aromatic carbocycles. The molecule has 1 aromatic heterocycles. The molecule has 1 amide bonds. The average Bonchev–Trinajstić information content (AvgIpc) is 3.11. The van der Waals surface area contributed by atoms with E-state index in [0.29, 0.717) is 25.5 Å². The number of thioether (sulfide) groups is 1. The standard InChI is InChI=1S/C30H35ClFN5O2S/c1-6-10-33-21-15-36-27-22(11-17(3)26(28(27)40-16-21)20-8-9-24(32)23(31)12-20)29(34-30(36)39)35-13-18(4)37(19(5)14-35)25(38)7-2/h7-9,11-12,18-19,21,33H,2,6,10,13-16H2,1,3-5H3/t18-,19+,21?. The molecule has 1 N–H and O–H groups in total. The number of carbonyl (C=O) groups is 1. The van der Waals surface area contributed by atoms with E-state index in [1.807, 2.05) is 25.7 Å². The van der Waals surface area contributed by atoms with Gasteiger partial charge in [-0.3, -0.25) is 9.36 Å². The van der Waals surface area contributed by atoms with E-state index in [1.54, 1.807) is 28.5 Å². The summed E-state index contributed by atoms with van der Waals surface area (Å²) in [7, 11) is 0. The minimum Gasteiger partial charge on any atom is -0.352 e. The minimum absolute atomic E-state index is 0.0630. The van der Waals surface area contributed by atoms with Crippen molar-refractivity contribution in [3.63, 3.8) is 0 Å². The smallest absolute Gasteiger partial charge is 0.350 e. The van der Waals surface area contributed by atoms with Crippen LogP contribution in [0.25, 0.3) is 22.0 Å². The van der Waals surface area contributed by atoms with Crippen LogP contribution in [0.15, 0.2) is 46.6 Å². The zero-order chi connectivity index (χ0) is 28.7. The molecule has 0 radical (unpaired) electrons. The van der Waals surface area contributed by atoms with Crippen LogP contribution in [0.3, 0.4) is 0 Å². The van der Waals surface area contributed by atoms with E-state index in [2.05, 4.69) is 34.8 Å². The van der Waals surface area contributed by atoms with Gasteiger partial charge < -0.3 is 15.1 Å². The maximum Gasteiger partial charge on any atom is 0.350 e. The number of nitrogens with zero attached hydrogens (tertiary/aromatic N) is 4. The highest BCUT2D eigenvalue weighted by atomic mass is 35.5. The Balaban J connectivity index is 1.71. The second kappa shape index (κ2) is 11.5. The normalized spacial score (nSPS) is 21.0. The first-order chi connectivity index (χ1) is 19.1. The summed E-state index contributed by atoms with van der Waals surface area (Å²) < 4.78 is 15.9. The number of benzene rings is 2. The predicted octanol–water partition coefficient (Wildman–Crippen LogP) is 5.25. The lowest BCUT2D eigenvalue weighted by Gasteiger charge is -2.44. The molecule has 212 valence electrons. The van der Waals surface area contributed by atoms with E-state index in [0.717, 1.165) is 51.2 Å². The molecule has 2 aliphatic heterocycles. The summed E-state index contributed by atoms with van der Waals surface area (Å²) in [5.74, 6) is 0.843. The van der Waals surface area contributed by atoms with Crippen LogP contribution < -0.4 is 15.9 Å². The SMILES string of the molecule is C=CC(=O)N1[C@H](C)CN(c2nc(=O)n3c4c(c(-c5ccc(F)c(Cl)c5)c(C)cc24)SCC(NCCC)C3)C[C@@H]1C. The number of hydrogen-bond donors (Lipinski definition) is 1. The maximum absolute atomic E-state index is 14.1. The number of nitrogens with one attached hydrogen (secondary N) is 1. The highest BCUT2D eigenvalue weighted by Crippen LogP contribution is 2.44. The van der Waals surface area contributed by atoms with Crippen LogP contribution in [0.4, 0.5) is 10.2 Å². The third-order valence-corrected chi connectivity index (χ3v) is 9.31.